The van der Waals surface area contributed by atoms with Gasteiger partial charge < -0.3 is 14.8 Å². The van der Waals surface area contributed by atoms with E-state index in [4.69, 9.17) is 9.76 Å². The number of nitrogens with zero attached hydrogens (tertiary/aromatic N) is 1. The zero-order chi connectivity index (χ0) is 12.1. The maximum atomic E-state index is 10.8. The Labute approximate surface area is 118 Å². The molecule has 4 nitrogen and oxygen atoms in total. The molecule has 0 fully saturated rings. The molecule has 0 unspecified atom stereocenters. The summed E-state index contributed by atoms with van der Waals surface area (Å²) in [6.45, 7) is 0.381. The van der Waals surface area contributed by atoms with Crippen molar-refractivity contribution in [2.75, 3.05) is 0 Å². The van der Waals surface area contributed by atoms with Gasteiger partial charge in [0.15, 0.2) is 0 Å². The molecule has 0 bridgehead atoms. The second kappa shape index (κ2) is 7.25. The van der Waals surface area contributed by atoms with Crippen LogP contribution < -0.4 is 34.2 Å². The van der Waals surface area contributed by atoms with Gasteiger partial charge >= 0.3 is 18.9 Å². The molecule has 86 valence electrons. The molecule has 1 aromatic heterocycles. The Morgan fingerprint density at radius 3 is 2.50 bits per heavy atom. The van der Waals surface area contributed by atoms with Crippen LogP contribution in [0.3, 0.4) is 0 Å². The molecule has 0 atom stereocenters. The van der Waals surface area contributed by atoms with Crippen LogP contribution in [0.5, 0.6) is 5.88 Å². The molecule has 18 heavy (non-hydrogen) atoms. The molecule has 0 aliphatic carbocycles. The van der Waals surface area contributed by atoms with Crippen LogP contribution in [0.2, 0.25) is 0 Å². The molecule has 2 rings (SSSR count). The largest absolute Gasteiger partial charge is 1.00 e. The van der Waals surface area contributed by atoms with E-state index in [1.165, 1.54) is 6.07 Å². The Morgan fingerprint density at radius 2 is 1.83 bits per heavy atom. The van der Waals surface area contributed by atoms with Gasteiger partial charge in [0, 0.05) is 11.7 Å². The van der Waals surface area contributed by atoms with E-state index in [0.717, 1.165) is 5.56 Å². The third-order valence-electron chi connectivity index (χ3n) is 2.23. The number of hydrogen-bond acceptors (Lipinski definition) is 4. The first-order valence-corrected chi connectivity index (χ1v) is 5.23. The summed E-state index contributed by atoms with van der Waals surface area (Å²) >= 11 is 0. The van der Waals surface area contributed by atoms with Crippen LogP contribution in [0.25, 0.3) is 0 Å². The average molecular weight is 235 g/mol. The Hall–Kier alpha value is -1.25. The second-order valence-electron chi connectivity index (χ2n) is 3.53. The molecule has 0 aliphatic rings. The van der Waals surface area contributed by atoms with Gasteiger partial charge in [-0.05, 0) is 11.6 Å². The van der Waals surface area contributed by atoms with Crippen LogP contribution in [0, 0.1) is 0 Å². The van der Waals surface area contributed by atoms with Crippen molar-refractivity contribution in [1.29, 1.82) is 0 Å². The maximum Gasteiger partial charge on any atom is 1.00 e. The van der Waals surface area contributed by atoms with Crippen molar-refractivity contribution in [1.82, 2.24) is 4.98 Å². The van der Waals surface area contributed by atoms with Crippen LogP contribution in [0.4, 0.5) is 0 Å². The summed E-state index contributed by atoms with van der Waals surface area (Å²) in [6, 6.07) is 14.4. The number of benzene rings is 1. The summed E-state index contributed by atoms with van der Waals surface area (Å²) in [4.78, 5) is 3.90. The first kappa shape index (κ1) is 14.8. The van der Waals surface area contributed by atoms with Crippen LogP contribution in [-0.2, 0) is 6.61 Å². The van der Waals surface area contributed by atoms with Crippen molar-refractivity contribution < 1.29 is 33.6 Å². The van der Waals surface area contributed by atoms with E-state index in [1.807, 2.05) is 30.3 Å². The normalized spacial score (nSPS) is 9.44. The Balaban J connectivity index is 0.00000162. The van der Waals surface area contributed by atoms with E-state index in [9.17, 15) is 5.02 Å². The summed E-state index contributed by atoms with van der Waals surface area (Å²) in [5, 5.41) is 19.7. The van der Waals surface area contributed by atoms with E-state index < -0.39 is 7.12 Å². The number of hydrogen-bond donors (Lipinski definition) is 1. The van der Waals surface area contributed by atoms with Crippen LogP contribution in [0.1, 0.15) is 5.56 Å². The van der Waals surface area contributed by atoms with Gasteiger partial charge in [-0.2, -0.15) is 0 Å². The van der Waals surface area contributed by atoms with Crippen LogP contribution >= 0.6 is 0 Å². The van der Waals surface area contributed by atoms with Crippen molar-refractivity contribution in [2.24, 2.45) is 0 Å². The van der Waals surface area contributed by atoms with Crippen LogP contribution in [-0.4, -0.2) is 17.1 Å². The van der Waals surface area contributed by atoms with E-state index in [-0.39, 0.29) is 24.5 Å². The molecule has 0 aliphatic heterocycles. The number of ether oxygens (including phenoxy) is 1. The fraction of sp³-hybridized carbons (Fsp3) is 0.0833. The summed E-state index contributed by atoms with van der Waals surface area (Å²) in [5.41, 5.74) is 1.08. The topological polar surface area (TPSA) is 65.4 Å². The maximum absolute atomic E-state index is 10.8. The van der Waals surface area contributed by atoms with Gasteiger partial charge in [-0.25, -0.2) is 4.98 Å². The third kappa shape index (κ3) is 4.21. The van der Waals surface area contributed by atoms with Gasteiger partial charge in [0.25, 0.3) is 0 Å². The van der Waals surface area contributed by atoms with Gasteiger partial charge in [-0.3, -0.25) is 0 Å². The zero-order valence-corrected chi connectivity index (χ0v) is 10.1. The summed E-state index contributed by atoms with van der Waals surface area (Å²) < 4.78 is 5.42. The van der Waals surface area contributed by atoms with E-state index in [0.29, 0.717) is 12.5 Å². The average Bonchev–Trinajstić information content (AvgIpc) is 2.38. The quantitative estimate of drug-likeness (QED) is 0.564. The molecule has 6 heteroatoms. The summed E-state index contributed by atoms with van der Waals surface area (Å²) in [7, 11) is -1.82. The van der Waals surface area contributed by atoms with Gasteiger partial charge in [0.05, 0.1) is 0 Å². The predicted octanol–water partition coefficient (Wildman–Crippen LogP) is -3.29. The standard InChI is InChI=1S/C12H11BNO3.Li/c15-13(16)11-7-4-8-12(14-11)17-9-10-5-2-1-3-6-10;/h1-8,15H,9H2;/q-1;+1. The van der Waals surface area contributed by atoms with Crippen molar-refractivity contribution in [3.05, 3.63) is 54.1 Å². The third-order valence-corrected chi connectivity index (χ3v) is 2.23. The minimum Gasteiger partial charge on any atom is -0.852 e. The second-order valence-corrected chi connectivity index (χ2v) is 3.53. The van der Waals surface area contributed by atoms with E-state index >= 15 is 0 Å². The van der Waals surface area contributed by atoms with Crippen molar-refractivity contribution in [2.45, 2.75) is 6.61 Å². The van der Waals surface area contributed by atoms with Crippen molar-refractivity contribution in [3.63, 3.8) is 0 Å². The molecule has 0 saturated carbocycles. The monoisotopic (exact) mass is 235 g/mol. The van der Waals surface area contributed by atoms with E-state index in [1.54, 1.807) is 12.1 Å². The molecule has 1 heterocycles. The minimum atomic E-state index is -1.82. The SMILES string of the molecule is [Li+].[O-]B(O)c1cccc(OCc2ccccc2)n1. The van der Waals surface area contributed by atoms with Crippen LogP contribution in [0.15, 0.2) is 48.5 Å². The number of rotatable bonds is 4. The zero-order valence-electron chi connectivity index (χ0n) is 10.1. The predicted molar refractivity (Wildman–Crippen MR) is 62.6 cm³/mol. The Bertz CT molecular complexity index is 482. The Kier molecular flexibility index (Phi) is 5.96. The first-order valence-electron chi connectivity index (χ1n) is 5.23. The fourth-order valence-electron chi connectivity index (χ4n) is 1.38. The number of pyridine rings is 1. The summed E-state index contributed by atoms with van der Waals surface area (Å²) in [5.74, 6) is 0.334. The van der Waals surface area contributed by atoms with Crippen molar-refractivity contribution >= 4 is 12.7 Å². The smallest absolute Gasteiger partial charge is 0.852 e. The van der Waals surface area contributed by atoms with Crippen molar-refractivity contribution in [3.8, 4) is 5.88 Å². The fourth-order valence-corrected chi connectivity index (χ4v) is 1.38. The Morgan fingerprint density at radius 1 is 1.11 bits per heavy atom. The van der Waals surface area contributed by atoms with Gasteiger partial charge in [0.2, 0.25) is 13.0 Å². The molecule has 0 saturated heterocycles. The summed E-state index contributed by atoms with van der Waals surface area (Å²) in [6.07, 6.45) is 0. The molecule has 0 spiro atoms. The molecular formula is C12H11BLiNO3. The molecular weight excluding hydrogens is 224 g/mol. The van der Waals surface area contributed by atoms with E-state index in [2.05, 4.69) is 4.98 Å². The molecule has 0 radical (unpaired) electrons. The number of aromatic nitrogens is 1. The first-order chi connectivity index (χ1) is 8.25. The molecule has 1 N–H and O–H groups in total. The molecule has 0 amide bonds. The molecule has 1 aromatic carbocycles. The van der Waals surface area contributed by atoms with Gasteiger partial charge in [-0.1, -0.05) is 36.4 Å². The van der Waals surface area contributed by atoms with Gasteiger partial charge in [-0.15, -0.1) is 0 Å². The minimum absolute atomic E-state index is 0. The van der Waals surface area contributed by atoms with Gasteiger partial charge in [0.1, 0.15) is 6.61 Å². The molecule has 2 aromatic rings.